The quantitative estimate of drug-likeness (QED) is 0.481. The molecule has 0 aliphatic carbocycles. The monoisotopic (exact) mass is 354 g/mol. The van der Waals surface area contributed by atoms with Crippen LogP contribution in [0.4, 0.5) is 4.39 Å². The molecule has 0 spiro atoms. The van der Waals surface area contributed by atoms with E-state index in [1.165, 1.54) is 6.92 Å². The van der Waals surface area contributed by atoms with Gasteiger partial charge in [-0.25, -0.2) is 9.18 Å². The van der Waals surface area contributed by atoms with Gasteiger partial charge in [0.1, 0.15) is 29.7 Å². The molecule has 138 valence electrons. The van der Waals surface area contributed by atoms with E-state index in [4.69, 9.17) is 10.5 Å². The molecule has 0 aliphatic heterocycles. The fraction of sp³-hybridized carbons (Fsp3) is 0.529. The highest BCUT2D eigenvalue weighted by atomic mass is 19.1. The van der Waals surface area contributed by atoms with Crippen molar-refractivity contribution in [2.75, 3.05) is 13.3 Å². The highest BCUT2D eigenvalue weighted by Crippen LogP contribution is 2.19. The van der Waals surface area contributed by atoms with E-state index >= 15 is 0 Å². The van der Waals surface area contributed by atoms with Crippen molar-refractivity contribution in [3.05, 3.63) is 39.9 Å². The van der Waals surface area contributed by atoms with Crippen LogP contribution in [0.25, 0.3) is 0 Å². The number of carbonyl (C=O) groups is 2. The molecule has 0 heterocycles. The van der Waals surface area contributed by atoms with Crippen molar-refractivity contribution in [3.8, 4) is 5.75 Å². The van der Waals surface area contributed by atoms with Gasteiger partial charge in [0.15, 0.2) is 0 Å². The van der Waals surface area contributed by atoms with Crippen LogP contribution in [-0.2, 0) is 16.0 Å². The maximum Gasteiger partial charge on any atom is 0.447 e. The third kappa shape index (κ3) is 7.38. The van der Waals surface area contributed by atoms with Crippen LogP contribution in [0.3, 0.4) is 0 Å². The fourth-order valence-corrected chi connectivity index (χ4v) is 2.43. The molecule has 0 saturated heterocycles. The van der Waals surface area contributed by atoms with E-state index in [2.05, 4.69) is 0 Å². The van der Waals surface area contributed by atoms with E-state index < -0.39 is 29.5 Å². The zero-order valence-electron chi connectivity index (χ0n) is 14.2. The minimum absolute atomic E-state index is 0.000430. The van der Waals surface area contributed by atoms with Crippen molar-refractivity contribution in [3.63, 3.8) is 0 Å². The molecule has 1 aromatic rings. The van der Waals surface area contributed by atoms with Gasteiger partial charge in [-0.1, -0.05) is 12.1 Å². The molecular formula is C17H23FN2O5. The zero-order valence-corrected chi connectivity index (χ0v) is 14.2. The standard InChI is InChI=1S/C17H23FN2O5/c1-12(21)16(19)11-14(17(22)20(23)24)4-2-3-13-5-7-15(8-6-13)25-10-9-18/h5-8,14,16H,2-4,9-11,19H2,1H3. The van der Waals surface area contributed by atoms with E-state index in [1.54, 1.807) is 12.1 Å². The van der Waals surface area contributed by atoms with E-state index in [9.17, 15) is 24.1 Å². The Labute approximate surface area is 145 Å². The van der Waals surface area contributed by atoms with Crippen LogP contribution < -0.4 is 10.5 Å². The molecular weight excluding hydrogens is 331 g/mol. The smallest absolute Gasteiger partial charge is 0.447 e. The van der Waals surface area contributed by atoms with Crippen LogP contribution in [0, 0.1) is 16.0 Å². The van der Waals surface area contributed by atoms with Crippen molar-refractivity contribution in [2.24, 2.45) is 11.7 Å². The summed E-state index contributed by atoms with van der Waals surface area (Å²) < 4.78 is 17.2. The van der Waals surface area contributed by atoms with Gasteiger partial charge in [-0.2, -0.15) is 0 Å². The highest BCUT2D eigenvalue weighted by molar-refractivity contribution is 5.82. The molecule has 0 aromatic heterocycles. The summed E-state index contributed by atoms with van der Waals surface area (Å²) >= 11 is 0. The molecule has 2 N–H and O–H groups in total. The molecule has 1 aromatic carbocycles. The second-order valence-corrected chi connectivity index (χ2v) is 5.82. The molecule has 25 heavy (non-hydrogen) atoms. The Morgan fingerprint density at radius 1 is 1.32 bits per heavy atom. The summed E-state index contributed by atoms with van der Waals surface area (Å²) in [5.74, 6) is -1.71. The third-order valence-electron chi connectivity index (χ3n) is 3.88. The van der Waals surface area contributed by atoms with Crippen LogP contribution in [0.5, 0.6) is 5.75 Å². The number of benzene rings is 1. The second kappa shape index (κ2) is 10.5. The number of hydrogen-bond acceptors (Lipinski definition) is 6. The third-order valence-corrected chi connectivity index (χ3v) is 3.88. The van der Waals surface area contributed by atoms with Gasteiger partial charge < -0.3 is 10.5 Å². The number of carbonyl (C=O) groups excluding carboxylic acids is 2. The lowest BCUT2D eigenvalue weighted by molar-refractivity contribution is -0.407. The largest absolute Gasteiger partial charge is 0.491 e. The van der Waals surface area contributed by atoms with Gasteiger partial charge in [-0.15, -0.1) is 0 Å². The first-order valence-electron chi connectivity index (χ1n) is 8.07. The Kier molecular flexibility index (Phi) is 8.69. The molecule has 0 fully saturated rings. The van der Waals surface area contributed by atoms with Gasteiger partial charge in [-0.3, -0.25) is 14.9 Å². The Morgan fingerprint density at radius 2 is 1.96 bits per heavy atom. The van der Waals surface area contributed by atoms with Crippen molar-refractivity contribution in [2.45, 2.75) is 38.6 Å². The summed E-state index contributed by atoms with van der Waals surface area (Å²) in [7, 11) is 0. The Morgan fingerprint density at radius 3 is 2.48 bits per heavy atom. The SMILES string of the molecule is CC(=O)C(N)CC(CCCc1ccc(OCCF)cc1)C(=O)[N+](=O)[O-]. The number of amides is 1. The summed E-state index contributed by atoms with van der Waals surface area (Å²) in [4.78, 5) is 32.7. The van der Waals surface area contributed by atoms with E-state index in [0.717, 1.165) is 5.56 Å². The number of ketones is 1. The number of rotatable bonds is 11. The predicted molar refractivity (Wildman–Crippen MR) is 89.6 cm³/mol. The Balaban J connectivity index is 2.56. The summed E-state index contributed by atoms with van der Waals surface area (Å²) in [5.41, 5.74) is 6.60. The van der Waals surface area contributed by atoms with Gasteiger partial charge in [-0.05, 0) is 50.3 Å². The summed E-state index contributed by atoms with van der Waals surface area (Å²) in [6, 6.07) is 6.20. The highest BCUT2D eigenvalue weighted by Gasteiger charge is 2.31. The molecule has 0 aliphatic rings. The zero-order chi connectivity index (χ0) is 18.8. The van der Waals surface area contributed by atoms with Crippen LogP contribution in [0.2, 0.25) is 0 Å². The average molecular weight is 354 g/mol. The number of aryl methyl sites for hydroxylation is 1. The number of nitro groups is 1. The lowest BCUT2D eigenvalue weighted by Gasteiger charge is -2.14. The number of ether oxygens (including phenoxy) is 1. The normalized spacial score (nSPS) is 13.1. The number of nitrogens with zero attached hydrogens (tertiary/aromatic N) is 1. The van der Waals surface area contributed by atoms with E-state index in [0.29, 0.717) is 18.6 Å². The fourth-order valence-electron chi connectivity index (χ4n) is 2.43. The predicted octanol–water partition coefficient (Wildman–Crippen LogP) is 2.08. The van der Waals surface area contributed by atoms with Crippen LogP contribution in [0.1, 0.15) is 31.7 Å². The number of hydrogen-bond donors (Lipinski definition) is 1. The van der Waals surface area contributed by atoms with Crippen LogP contribution >= 0.6 is 0 Å². The summed E-state index contributed by atoms with van der Waals surface area (Å²) in [6.45, 7) is 0.737. The summed E-state index contributed by atoms with van der Waals surface area (Å²) in [5, 5.41) is 10.7. The average Bonchev–Trinajstić information content (AvgIpc) is 2.59. The molecule has 0 radical (unpaired) electrons. The van der Waals surface area contributed by atoms with E-state index in [1.807, 2.05) is 12.1 Å². The molecule has 2 atom stereocenters. The van der Waals surface area contributed by atoms with Crippen molar-refractivity contribution in [1.29, 1.82) is 0 Å². The molecule has 8 heteroatoms. The van der Waals surface area contributed by atoms with Gasteiger partial charge >= 0.3 is 5.91 Å². The summed E-state index contributed by atoms with van der Waals surface area (Å²) in [6.07, 6.45) is 1.41. The van der Waals surface area contributed by atoms with Crippen molar-refractivity contribution >= 4 is 11.7 Å². The first kappa shape index (κ1) is 20.7. The number of alkyl halides is 1. The van der Waals surface area contributed by atoms with E-state index in [-0.39, 0.29) is 25.2 Å². The minimum Gasteiger partial charge on any atom is -0.491 e. The minimum atomic E-state index is -1.10. The molecule has 0 saturated carbocycles. The van der Waals surface area contributed by atoms with Crippen molar-refractivity contribution in [1.82, 2.24) is 0 Å². The molecule has 7 nitrogen and oxygen atoms in total. The number of halogens is 1. The molecule has 1 amide bonds. The number of nitrogens with two attached hydrogens (primary N) is 1. The van der Waals surface area contributed by atoms with Crippen molar-refractivity contribution < 1.29 is 23.6 Å². The van der Waals surface area contributed by atoms with Gasteiger partial charge in [0.25, 0.3) is 0 Å². The first-order valence-corrected chi connectivity index (χ1v) is 8.07. The van der Waals surface area contributed by atoms with Crippen LogP contribution in [0.15, 0.2) is 24.3 Å². The second-order valence-electron chi connectivity index (χ2n) is 5.82. The maximum absolute atomic E-state index is 12.0. The number of Topliss-reactive ketones (excluding diaryl/α,β-unsaturated/α-hetero) is 1. The maximum atomic E-state index is 12.0. The van der Waals surface area contributed by atoms with Crippen LogP contribution in [-0.4, -0.2) is 35.9 Å². The van der Waals surface area contributed by atoms with Gasteiger partial charge in [0.2, 0.25) is 0 Å². The lowest BCUT2D eigenvalue weighted by atomic mass is 9.91. The Bertz CT molecular complexity index is 591. The Hall–Kier alpha value is -2.35. The van der Waals surface area contributed by atoms with Gasteiger partial charge in [0.05, 0.1) is 12.0 Å². The lowest BCUT2D eigenvalue weighted by Crippen LogP contribution is -2.35. The topological polar surface area (TPSA) is 113 Å². The first-order chi connectivity index (χ1) is 11.8. The molecule has 2 unspecified atom stereocenters. The molecule has 1 rings (SSSR count). The molecule has 0 bridgehead atoms. The van der Waals surface area contributed by atoms with Gasteiger partial charge in [0, 0.05) is 0 Å².